The summed E-state index contributed by atoms with van der Waals surface area (Å²) >= 11 is 0. The molecule has 0 atom stereocenters. The Morgan fingerprint density at radius 3 is 2.13 bits per heavy atom. The summed E-state index contributed by atoms with van der Waals surface area (Å²) in [7, 11) is 0. The van der Waals surface area contributed by atoms with Gasteiger partial charge >= 0.3 is 0 Å². The summed E-state index contributed by atoms with van der Waals surface area (Å²) in [6.07, 6.45) is 5.53. The summed E-state index contributed by atoms with van der Waals surface area (Å²) in [6, 6.07) is 3.95. The maximum Gasteiger partial charge on any atom is 0.207 e. The third-order valence-electron chi connectivity index (χ3n) is 1.10. The SMILES string of the molecule is CCC.CCNC=O.Cc1cccnc1. The van der Waals surface area contributed by atoms with Gasteiger partial charge in [0.15, 0.2) is 0 Å². The van der Waals surface area contributed by atoms with Crippen LogP contribution in [0.25, 0.3) is 0 Å². The molecule has 0 aliphatic rings. The van der Waals surface area contributed by atoms with Gasteiger partial charge < -0.3 is 5.32 Å². The van der Waals surface area contributed by atoms with Gasteiger partial charge in [-0.3, -0.25) is 9.78 Å². The number of amides is 1. The van der Waals surface area contributed by atoms with Crippen molar-refractivity contribution in [1.29, 1.82) is 0 Å². The van der Waals surface area contributed by atoms with Gasteiger partial charge in [-0.15, -0.1) is 0 Å². The molecule has 0 aliphatic carbocycles. The van der Waals surface area contributed by atoms with E-state index in [4.69, 9.17) is 0 Å². The molecule has 1 rings (SSSR count). The minimum atomic E-state index is 0.681. The maximum absolute atomic E-state index is 9.29. The summed E-state index contributed by atoms with van der Waals surface area (Å²) < 4.78 is 0. The summed E-state index contributed by atoms with van der Waals surface area (Å²) in [5, 5.41) is 2.43. The number of pyridine rings is 1. The van der Waals surface area contributed by atoms with Crippen molar-refractivity contribution < 1.29 is 4.79 Å². The molecule has 0 spiro atoms. The molecule has 0 aromatic carbocycles. The predicted octanol–water partition coefficient (Wildman–Crippen LogP) is 2.56. The lowest BCUT2D eigenvalue weighted by Gasteiger charge is -1.82. The molecule has 86 valence electrons. The lowest BCUT2D eigenvalue weighted by molar-refractivity contribution is -0.109. The number of hydrogen-bond acceptors (Lipinski definition) is 2. The topological polar surface area (TPSA) is 42.0 Å². The minimum Gasteiger partial charge on any atom is -0.359 e. The second-order valence-electron chi connectivity index (χ2n) is 2.91. The Morgan fingerprint density at radius 1 is 1.40 bits per heavy atom. The number of aromatic nitrogens is 1. The standard InChI is InChI=1S/C6H7N.C3H7NO.C3H8/c1-6-3-2-4-7-5-6;1-2-4-3-5;1-3-2/h2-5H,1H3;3H,2H2,1H3,(H,4,5);3H2,1-2H3. The van der Waals surface area contributed by atoms with E-state index < -0.39 is 0 Å². The first-order valence-corrected chi connectivity index (χ1v) is 5.26. The van der Waals surface area contributed by atoms with Crippen molar-refractivity contribution in [1.82, 2.24) is 10.3 Å². The average Bonchev–Trinajstić information content (AvgIpc) is 2.22. The molecular weight excluding hydrogens is 188 g/mol. The van der Waals surface area contributed by atoms with Crippen molar-refractivity contribution in [3.8, 4) is 0 Å². The zero-order valence-corrected chi connectivity index (χ0v) is 10.2. The number of nitrogens with one attached hydrogen (secondary N) is 1. The van der Waals surface area contributed by atoms with Crippen molar-refractivity contribution >= 4 is 6.41 Å². The smallest absolute Gasteiger partial charge is 0.207 e. The first kappa shape index (κ1) is 16.1. The molecule has 1 aromatic rings. The molecule has 0 bridgehead atoms. The molecule has 0 unspecified atom stereocenters. The molecule has 1 aromatic heterocycles. The van der Waals surface area contributed by atoms with Crippen LogP contribution in [0.2, 0.25) is 0 Å². The van der Waals surface area contributed by atoms with Crippen LogP contribution in [0.3, 0.4) is 0 Å². The van der Waals surface area contributed by atoms with Gasteiger partial charge in [-0.1, -0.05) is 26.3 Å². The molecule has 1 N–H and O–H groups in total. The highest BCUT2D eigenvalue weighted by molar-refractivity contribution is 5.45. The van der Waals surface area contributed by atoms with E-state index in [1.165, 1.54) is 12.0 Å². The van der Waals surface area contributed by atoms with Crippen LogP contribution >= 0.6 is 0 Å². The molecular formula is C12H22N2O. The highest BCUT2D eigenvalue weighted by Gasteiger charge is 1.73. The molecule has 0 aliphatic heterocycles. The zero-order valence-electron chi connectivity index (χ0n) is 10.2. The van der Waals surface area contributed by atoms with Crippen molar-refractivity contribution in [3.63, 3.8) is 0 Å². The second-order valence-corrected chi connectivity index (χ2v) is 2.91. The van der Waals surface area contributed by atoms with Crippen LogP contribution in [-0.4, -0.2) is 17.9 Å². The van der Waals surface area contributed by atoms with Crippen LogP contribution in [0.15, 0.2) is 24.5 Å². The van der Waals surface area contributed by atoms with Crippen molar-refractivity contribution in [2.24, 2.45) is 0 Å². The average molecular weight is 210 g/mol. The van der Waals surface area contributed by atoms with Crippen LogP contribution in [0.4, 0.5) is 0 Å². The number of hydrogen-bond donors (Lipinski definition) is 1. The molecule has 0 fully saturated rings. The fourth-order valence-electron chi connectivity index (χ4n) is 0.531. The largest absolute Gasteiger partial charge is 0.359 e. The number of nitrogens with zero attached hydrogens (tertiary/aromatic N) is 1. The van der Waals surface area contributed by atoms with Crippen LogP contribution in [0, 0.1) is 6.92 Å². The molecule has 0 radical (unpaired) electrons. The summed E-state index contributed by atoms with van der Waals surface area (Å²) in [5.74, 6) is 0. The first-order valence-electron chi connectivity index (χ1n) is 5.26. The third-order valence-corrected chi connectivity index (χ3v) is 1.10. The summed E-state index contributed by atoms with van der Waals surface area (Å²) in [5.41, 5.74) is 1.21. The van der Waals surface area contributed by atoms with Crippen molar-refractivity contribution in [3.05, 3.63) is 30.1 Å². The van der Waals surface area contributed by atoms with Gasteiger partial charge in [0.1, 0.15) is 0 Å². The van der Waals surface area contributed by atoms with Gasteiger partial charge in [0.2, 0.25) is 6.41 Å². The Kier molecular flexibility index (Phi) is 16.2. The highest BCUT2D eigenvalue weighted by atomic mass is 16.1. The van der Waals surface area contributed by atoms with E-state index in [2.05, 4.69) is 24.1 Å². The van der Waals surface area contributed by atoms with Crippen LogP contribution in [-0.2, 0) is 4.79 Å². The van der Waals surface area contributed by atoms with E-state index in [0.29, 0.717) is 6.41 Å². The maximum atomic E-state index is 9.29. The fourth-order valence-corrected chi connectivity index (χ4v) is 0.531. The van der Waals surface area contributed by atoms with E-state index in [1.54, 1.807) is 6.20 Å². The molecule has 1 heterocycles. The molecule has 3 heteroatoms. The Bertz CT molecular complexity index is 212. The second kappa shape index (κ2) is 15.1. The van der Waals surface area contributed by atoms with Gasteiger partial charge in [0.05, 0.1) is 0 Å². The Labute approximate surface area is 92.9 Å². The highest BCUT2D eigenvalue weighted by Crippen LogP contribution is 1.88. The number of rotatable bonds is 2. The lowest BCUT2D eigenvalue weighted by atomic mass is 10.3. The van der Waals surface area contributed by atoms with E-state index in [1.807, 2.05) is 32.2 Å². The first-order chi connectivity index (χ1) is 7.22. The van der Waals surface area contributed by atoms with Gasteiger partial charge in [-0.2, -0.15) is 0 Å². The van der Waals surface area contributed by atoms with Crippen molar-refractivity contribution in [2.75, 3.05) is 6.54 Å². The fraction of sp³-hybridized carbons (Fsp3) is 0.500. The Hall–Kier alpha value is -1.38. The van der Waals surface area contributed by atoms with Crippen LogP contribution in [0.1, 0.15) is 32.8 Å². The normalized spacial score (nSPS) is 7.47. The predicted molar refractivity (Wildman–Crippen MR) is 64.7 cm³/mol. The van der Waals surface area contributed by atoms with Crippen molar-refractivity contribution in [2.45, 2.75) is 34.1 Å². The quantitative estimate of drug-likeness (QED) is 0.762. The van der Waals surface area contributed by atoms with Gasteiger partial charge in [0, 0.05) is 18.9 Å². The lowest BCUT2D eigenvalue weighted by Crippen LogP contribution is -2.07. The van der Waals surface area contributed by atoms with Gasteiger partial charge in [0.25, 0.3) is 0 Å². The zero-order chi connectivity index (χ0) is 11.9. The van der Waals surface area contributed by atoms with Gasteiger partial charge in [-0.25, -0.2) is 0 Å². The van der Waals surface area contributed by atoms with Crippen LogP contribution in [0.5, 0.6) is 0 Å². The van der Waals surface area contributed by atoms with Crippen LogP contribution < -0.4 is 5.32 Å². The van der Waals surface area contributed by atoms with E-state index in [9.17, 15) is 4.79 Å². The Morgan fingerprint density at radius 2 is 2.00 bits per heavy atom. The molecule has 1 amide bonds. The number of carbonyl (C=O) groups excluding carboxylic acids is 1. The van der Waals surface area contributed by atoms with E-state index in [-0.39, 0.29) is 0 Å². The number of aryl methyl sites for hydroxylation is 1. The summed E-state index contributed by atoms with van der Waals surface area (Å²) in [6.45, 7) is 8.87. The molecule has 0 saturated carbocycles. The minimum absolute atomic E-state index is 0.681. The third kappa shape index (κ3) is 19.2. The van der Waals surface area contributed by atoms with E-state index in [0.717, 1.165) is 6.54 Å². The Balaban J connectivity index is 0. The van der Waals surface area contributed by atoms with E-state index >= 15 is 0 Å². The number of carbonyl (C=O) groups is 1. The van der Waals surface area contributed by atoms with Gasteiger partial charge in [-0.05, 0) is 25.5 Å². The monoisotopic (exact) mass is 210 g/mol. The molecule has 3 nitrogen and oxygen atoms in total. The molecule has 15 heavy (non-hydrogen) atoms. The summed E-state index contributed by atoms with van der Waals surface area (Å²) in [4.78, 5) is 13.2. The molecule has 0 saturated heterocycles.